The van der Waals surface area contributed by atoms with Crippen LogP contribution >= 0.6 is 0 Å². The molecule has 3 rings (SSSR count). The van der Waals surface area contributed by atoms with Crippen molar-refractivity contribution in [2.24, 2.45) is 0 Å². The van der Waals surface area contributed by atoms with Crippen LogP contribution in [0.5, 0.6) is 0 Å². The first-order valence-electron chi connectivity index (χ1n) is 6.37. The van der Waals surface area contributed by atoms with Crippen molar-refractivity contribution in [1.29, 1.82) is 0 Å². The summed E-state index contributed by atoms with van der Waals surface area (Å²) in [4.78, 5) is 8.20. The second-order valence-electron chi connectivity index (χ2n) is 4.72. The summed E-state index contributed by atoms with van der Waals surface area (Å²) in [6.45, 7) is 0. The molecule has 1 aliphatic rings. The number of rotatable bonds is 2. The van der Waals surface area contributed by atoms with Gasteiger partial charge in [0.1, 0.15) is 6.33 Å². The predicted octanol–water partition coefficient (Wildman–Crippen LogP) is 3.45. The Hall–Kier alpha value is -1.64. The highest BCUT2D eigenvalue weighted by Crippen LogP contribution is 2.32. The average molecular weight is 227 g/mol. The van der Waals surface area contributed by atoms with E-state index in [4.69, 9.17) is 0 Å². The smallest absolute Gasteiger partial charge is 0.115 e. The highest BCUT2D eigenvalue weighted by Gasteiger charge is 2.17. The predicted molar refractivity (Wildman–Crippen MR) is 67.6 cm³/mol. The van der Waals surface area contributed by atoms with Gasteiger partial charge in [-0.3, -0.25) is 0 Å². The van der Waals surface area contributed by atoms with Crippen LogP contribution in [0, 0.1) is 0 Å². The van der Waals surface area contributed by atoms with Crippen LogP contribution in [-0.2, 0) is 0 Å². The van der Waals surface area contributed by atoms with Crippen molar-refractivity contribution >= 4 is 0 Å². The molecule has 3 heteroatoms. The van der Waals surface area contributed by atoms with Crippen molar-refractivity contribution in [3.63, 3.8) is 0 Å². The Morgan fingerprint density at radius 3 is 2.59 bits per heavy atom. The van der Waals surface area contributed by atoms with E-state index in [1.165, 1.54) is 37.8 Å². The first-order chi connectivity index (χ1) is 8.45. The molecule has 88 valence electrons. The SMILES string of the molecule is c1cc(-c2cncnc2)n(C2CCCCC2)c1. The van der Waals surface area contributed by atoms with Crippen molar-refractivity contribution < 1.29 is 0 Å². The fourth-order valence-electron chi connectivity index (χ4n) is 2.75. The zero-order valence-electron chi connectivity index (χ0n) is 9.92. The van der Waals surface area contributed by atoms with E-state index in [0.717, 1.165) is 5.56 Å². The van der Waals surface area contributed by atoms with Gasteiger partial charge < -0.3 is 4.57 Å². The lowest BCUT2D eigenvalue weighted by Gasteiger charge is -2.25. The number of hydrogen-bond acceptors (Lipinski definition) is 2. The third kappa shape index (κ3) is 2.09. The van der Waals surface area contributed by atoms with Gasteiger partial charge in [-0.2, -0.15) is 0 Å². The van der Waals surface area contributed by atoms with Gasteiger partial charge in [-0.15, -0.1) is 0 Å². The minimum Gasteiger partial charge on any atom is -0.344 e. The normalized spacial score (nSPS) is 17.2. The standard InChI is InChI=1S/C14H17N3/c1-2-5-13(6-3-1)17-8-4-7-14(17)12-9-15-11-16-10-12/h4,7-11,13H,1-3,5-6H2. The third-order valence-corrected chi connectivity index (χ3v) is 3.60. The van der Waals surface area contributed by atoms with E-state index in [0.29, 0.717) is 6.04 Å². The lowest BCUT2D eigenvalue weighted by molar-refractivity contribution is 0.356. The Bertz CT molecular complexity index is 469. The quantitative estimate of drug-likeness (QED) is 0.786. The van der Waals surface area contributed by atoms with Crippen molar-refractivity contribution in [3.05, 3.63) is 37.1 Å². The van der Waals surface area contributed by atoms with Gasteiger partial charge in [-0.25, -0.2) is 9.97 Å². The van der Waals surface area contributed by atoms with E-state index in [2.05, 4.69) is 32.9 Å². The lowest BCUT2D eigenvalue weighted by atomic mass is 9.95. The van der Waals surface area contributed by atoms with Crippen LogP contribution in [0.25, 0.3) is 11.3 Å². The van der Waals surface area contributed by atoms with Crippen LogP contribution in [0.15, 0.2) is 37.1 Å². The van der Waals surface area contributed by atoms with Gasteiger partial charge in [0.25, 0.3) is 0 Å². The first-order valence-corrected chi connectivity index (χ1v) is 6.37. The molecule has 1 fully saturated rings. The van der Waals surface area contributed by atoms with Gasteiger partial charge in [0.2, 0.25) is 0 Å². The Morgan fingerprint density at radius 2 is 1.82 bits per heavy atom. The largest absolute Gasteiger partial charge is 0.344 e. The number of aromatic nitrogens is 3. The molecule has 1 aliphatic carbocycles. The molecule has 2 aromatic rings. The maximum atomic E-state index is 4.10. The lowest BCUT2D eigenvalue weighted by Crippen LogP contribution is -2.12. The van der Waals surface area contributed by atoms with Crippen LogP contribution in [0.2, 0.25) is 0 Å². The molecule has 0 aliphatic heterocycles. The summed E-state index contributed by atoms with van der Waals surface area (Å²) in [7, 11) is 0. The second kappa shape index (κ2) is 4.70. The van der Waals surface area contributed by atoms with E-state index < -0.39 is 0 Å². The summed E-state index contributed by atoms with van der Waals surface area (Å²) >= 11 is 0. The maximum absolute atomic E-state index is 4.10. The summed E-state index contributed by atoms with van der Waals surface area (Å²) in [5.74, 6) is 0. The minimum atomic E-state index is 0.661. The Balaban J connectivity index is 1.93. The van der Waals surface area contributed by atoms with Gasteiger partial charge >= 0.3 is 0 Å². The molecule has 0 spiro atoms. The van der Waals surface area contributed by atoms with E-state index >= 15 is 0 Å². The Kier molecular flexibility index (Phi) is 2.90. The fourth-order valence-corrected chi connectivity index (χ4v) is 2.75. The van der Waals surface area contributed by atoms with Gasteiger partial charge in [0.05, 0.1) is 5.69 Å². The molecule has 0 amide bonds. The second-order valence-corrected chi connectivity index (χ2v) is 4.72. The summed E-state index contributed by atoms with van der Waals surface area (Å²) < 4.78 is 2.40. The molecule has 2 aromatic heterocycles. The zero-order chi connectivity index (χ0) is 11.5. The fraction of sp³-hybridized carbons (Fsp3) is 0.429. The minimum absolute atomic E-state index is 0.661. The van der Waals surface area contributed by atoms with E-state index in [-0.39, 0.29) is 0 Å². The van der Waals surface area contributed by atoms with Gasteiger partial charge in [0.15, 0.2) is 0 Å². The molecule has 0 aromatic carbocycles. The van der Waals surface area contributed by atoms with Gasteiger partial charge in [-0.05, 0) is 25.0 Å². The van der Waals surface area contributed by atoms with Crippen molar-refractivity contribution in [1.82, 2.24) is 14.5 Å². The van der Waals surface area contributed by atoms with E-state index in [9.17, 15) is 0 Å². The van der Waals surface area contributed by atoms with E-state index in [1.807, 2.05) is 12.4 Å². The van der Waals surface area contributed by atoms with Crippen molar-refractivity contribution in [3.8, 4) is 11.3 Å². The van der Waals surface area contributed by atoms with Crippen molar-refractivity contribution in [2.45, 2.75) is 38.1 Å². The van der Waals surface area contributed by atoms with Gasteiger partial charge in [0, 0.05) is 30.2 Å². The highest BCUT2D eigenvalue weighted by atomic mass is 15.0. The molecule has 17 heavy (non-hydrogen) atoms. The number of hydrogen-bond donors (Lipinski definition) is 0. The molecule has 0 bridgehead atoms. The average Bonchev–Trinajstić information content (AvgIpc) is 2.90. The summed E-state index contributed by atoms with van der Waals surface area (Å²) in [6, 6.07) is 4.94. The van der Waals surface area contributed by atoms with Crippen molar-refractivity contribution in [2.75, 3.05) is 0 Å². The molecule has 0 N–H and O–H groups in total. The van der Waals surface area contributed by atoms with E-state index in [1.54, 1.807) is 6.33 Å². The van der Waals surface area contributed by atoms with Crippen LogP contribution in [-0.4, -0.2) is 14.5 Å². The molecule has 3 nitrogen and oxygen atoms in total. The summed E-state index contributed by atoms with van der Waals surface area (Å²) in [5, 5.41) is 0. The summed E-state index contributed by atoms with van der Waals surface area (Å²) in [5.41, 5.74) is 2.36. The summed E-state index contributed by atoms with van der Waals surface area (Å²) in [6.07, 6.45) is 14.3. The van der Waals surface area contributed by atoms with Crippen LogP contribution in [0.3, 0.4) is 0 Å². The molecule has 0 unspecified atom stereocenters. The maximum Gasteiger partial charge on any atom is 0.115 e. The molecule has 0 atom stereocenters. The topological polar surface area (TPSA) is 30.7 Å². The monoisotopic (exact) mass is 227 g/mol. The third-order valence-electron chi connectivity index (χ3n) is 3.60. The zero-order valence-corrected chi connectivity index (χ0v) is 9.92. The van der Waals surface area contributed by atoms with Crippen LogP contribution in [0.4, 0.5) is 0 Å². The van der Waals surface area contributed by atoms with Crippen LogP contribution < -0.4 is 0 Å². The molecule has 0 radical (unpaired) electrons. The molecular weight excluding hydrogens is 210 g/mol. The van der Waals surface area contributed by atoms with Gasteiger partial charge in [-0.1, -0.05) is 19.3 Å². The Labute approximate surface area is 102 Å². The van der Waals surface area contributed by atoms with Crippen LogP contribution in [0.1, 0.15) is 38.1 Å². The molecule has 2 heterocycles. The molecule has 0 saturated heterocycles. The highest BCUT2D eigenvalue weighted by molar-refractivity contribution is 5.57. The first kappa shape index (κ1) is 10.5. The number of nitrogens with zero attached hydrogens (tertiary/aromatic N) is 3. The molecule has 1 saturated carbocycles. The Morgan fingerprint density at radius 1 is 1.06 bits per heavy atom. The molecular formula is C14H17N3.